The van der Waals surface area contributed by atoms with Crippen molar-refractivity contribution < 1.29 is 9.59 Å². The first-order valence-electron chi connectivity index (χ1n) is 9.28. The number of amides is 1. The summed E-state index contributed by atoms with van der Waals surface area (Å²) in [7, 11) is 0. The molecule has 1 aliphatic carbocycles. The second-order valence-corrected chi connectivity index (χ2v) is 7.15. The monoisotopic (exact) mass is 372 g/mol. The molecule has 0 radical (unpaired) electrons. The third kappa shape index (κ3) is 3.27. The molecule has 5 heteroatoms. The lowest BCUT2D eigenvalue weighted by atomic mass is 9.86. The number of rotatable bonds is 3. The summed E-state index contributed by atoms with van der Waals surface area (Å²) in [5.41, 5.74) is 2.12. The highest BCUT2D eigenvalue weighted by molar-refractivity contribution is 6.05. The number of benzene rings is 2. The molecular weight excluding hydrogens is 352 g/mol. The predicted molar refractivity (Wildman–Crippen MR) is 108 cm³/mol. The molecule has 4 rings (SSSR count). The van der Waals surface area contributed by atoms with E-state index in [4.69, 9.17) is 0 Å². The summed E-state index contributed by atoms with van der Waals surface area (Å²) in [6.45, 7) is 2.01. The quantitative estimate of drug-likeness (QED) is 0.759. The van der Waals surface area contributed by atoms with E-state index in [1.807, 2.05) is 43.3 Å². The van der Waals surface area contributed by atoms with Crippen molar-refractivity contribution in [3.8, 4) is 5.69 Å². The van der Waals surface area contributed by atoms with Crippen LogP contribution in [-0.2, 0) is 6.42 Å². The Balaban J connectivity index is 1.87. The van der Waals surface area contributed by atoms with Gasteiger partial charge in [-0.25, -0.2) is 0 Å². The van der Waals surface area contributed by atoms with Crippen molar-refractivity contribution in [1.82, 2.24) is 4.57 Å². The van der Waals surface area contributed by atoms with E-state index in [1.165, 1.54) is 6.07 Å². The van der Waals surface area contributed by atoms with Crippen LogP contribution >= 0.6 is 0 Å². The van der Waals surface area contributed by atoms with E-state index in [2.05, 4.69) is 5.32 Å². The molecule has 140 valence electrons. The fraction of sp³-hybridized carbons (Fsp3) is 0.174. The van der Waals surface area contributed by atoms with Crippen molar-refractivity contribution >= 4 is 17.4 Å². The summed E-state index contributed by atoms with van der Waals surface area (Å²) >= 11 is 0. The number of nitrogens with one attached hydrogen (secondary N) is 1. The second kappa shape index (κ2) is 7.27. The Morgan fingerprint density at radius 1 is 0.964 bits per heavy atom. The summed E-state index contributed by atoms with van der Waals surface area (Å²) in [4.78, 5) is 38.5. The minimum atomic E-state index is -0.381. The molecule has 1 N–H and O–H groups in total. The van der Waals surface area contributed by atoms with Crippen molar-refractivity contribution in [1.29, 1.82) is 0 Å². The Labute approximate surface area is 162 Å². The van der Waals surface area contributed by atoms with Gasteiger partial charge < -0.3 is 5.32 Å². The molecule has 1 aromatic heterocycles. The number of pyridine rings is 1. The van der Waals surface area contributed by atoms with Crippen LogP contribution in [0.3, 0.4) is 0 Å². The van der Waals surface area contributed by atoms with E-state index < -0.39 is 0 Å². The van der Waals surface area contributed by atoms with Gasteiger partial charge in [-0.15, -0.1) is 0 Å². The number of aromatic nitrogens is 1. The third-order valence-corrected chi connectivity index (χ3v) is 4.98. The van der Waals surface area contributed by atoms with Crippen molar-refractivity contribution in [2.24, 2.45) is 5.92 Å². The van der Waals surface area contributed by atoms with E-state index in [1.54, 1.807) is 28.8 Å². The highest BCUT2D eigenvalue weighted by Gasteiger charge is 2.28. The van der Waals surface area contributed by atoms with Crippen LogP contribution in [-0.4, -0.2) is 16.3 Å². The number of carbonyl (C=O) groups excluding carboxylic acids is 2. The van der Waals surface area contributed by atoms with Crippen LogP contribution in [0.1, 0.15) is 39.8 Å². The zero-order chi connectivity index (χ0) is 19.7. The molecular formula is C23H20N2O3. The van der Waals surface area contributed by atoms with Crippen LogP contribution in [0.15, 0.2) is 71.5 Å². The maximum absolute atomic E-state index is 13.3. The van der Waals surface area contributed by atoms with E-state index in [9.17, 15) is 14.4 Å². The SMILES string of the molecule is CC1CC(=O)c2cc(NC(=O)c3ccccc3)c(=O)n(-c3ccccc3)c2C1. The summed E-state index contributed by atoms with van der Waals surface area (Å²) in [6.07, 6.45) is 1.07. The first kappa shape index (κ1) is 17.9. The van der Waals surface area contributed by atoms with E-state index in [0.29, 0.717) is 35.3 Å². The molecule has 0 spiro atoms. The maximum atomic E-state index is 13.3. The molecule has 28 heavy (non-hydrogen) atoms. The highest BCUT2D eigenvalue weighted by atomic mass is 16.2. The third-order valence-electron chi connectivity index (χ3n) is 4.98. The molecule has 1 aliphatic rings. The van der Waals surface area contributed by atoms with Crippen LogP contribution in [0.2, 0.25) is 0 Å². The molecule has 1 amide bonds. The van der Waals surface area contributed by atoms with Gasteiger partial charge in [0, 0.05) is 28.9 Å². The molecule has 5 nitrogen and oxygen atoms in total. The topological polar surface area (TPSA) is 68.2 Å². The molecule has 0 aliphatic heterocycles. The predicted octanol–water partition coefficient (Wildman–Crippen LogP) is 3.85. The molecule has 0 bridgehead atoms. The van der Waals surface area contributed by atoms with Gasteiger partial charge in [-0.2, -0.15) is 0 Å². The minimum absolute atomic E-state index is 0.00589. The average molecular weight is 372 g/mol. The molecule has 2 aromatic carbocycles. The molecule has 1 unspecified atom stereocenters. The summed E-state index contributed by atoms with van der Waals surface area (Å²) in [6, 6.07) is 19.4. The molecule has 1 atom stereocenters. The number of Topliss-reactive ketones (excluding diaryl/α,β-unsaturated/α-hetero) is 1. The Morgan fingerprint density at radius 3 is 2.29 bits per heavy atom. The number of para-hydroxylation sites is 1. The van der Waals surface area contributed by atoms with Gasteiger partial charge in [0.15, 0.2) is 5.78 Å². The first-order chi connectivity index (χ1) is 13.5. The highest BCUT2D eigenvalue weighted by Crippen LogP contribution is 2.28. The smallest absolute Gasteiger partial charge is 0.279 e. The van der Waals surface area contributed by atoms with Crippen molar-refractivity contribution in [2.45, 2.75) is 19.8 Å². The number of hydrogen-bond acceptors (Lipinski definition) is 3. The van der Waals surface area contributed by atoms with E-state index in [0.717, 1.165) is 0 Å². The number of nitrogens with zero attached hydrogens (tertiary/aromatic N) is 1. The van der Waals surface area contributed by atoms with Crippen LogP contribution in [0.25, 0.3) is 5.69 Å². The van der Waals surface area contributed by atoms with Gasteiger partial charge in [0.2, 0.25) is 0 Å². The molecule has 0 saturated heterocycles. The molecule has 3 aromatic rings. The molecule has 0 fully saturated rings. The van der Waals surface area contributed by atoms with Crippen LogP contribution in [0, 0.1) is 5.92 Å². The summed E-state index contributed by atoms with van der Waals surface area (Å²) < 4.78 is 1.56. The summed E-state index contributed by atoms with van der Waals surface area (Å²) in [5.74, 6) is -0.221. The van der Waals surface area contributed by atoms with E-state index in [-0.39, 0.29) is 28.9 Å². The molecule has 1 heterocycles. The lowest BCUT2D eigenvalue weighted by Gasteiger charge is -2.25. The van der Waals surface area contributed by atoms with Crippen molar-refractivity contribution in [3.05, 3.63) is 93.9 Å². The molecule has 0 saturated carbocycles. The zero-order valence-electron chi connectivity index (χ0n) is 15.5. The number of carbonyl (C=O) groups is 2. The Hall–Kier alpha value is -3.47. The van der Waals surface area contributed by atoms with Gasteiger partial charge in [-0.1, -0.05) is 43.3 Å². The fourth-order valence-corrected chi connectivity index (χ4v) is 3.65. The first-order valence-corrected chi connectivity index (χ1v) is 9.28. The van der Waals surface area contributed by atoms with Gasteiger partial charge in [0.05, 0.1) is 0 Å². The van der Waals surface area contributed by atoms with Crippen LogP contribution in [0.5, 0.6) is 0 Å². The Kier molecular flexibility index (Phi) is 4.65. The Bertz CT molecular complexity index is 1100. The van der Waals surface area contributed by atoms with Gasteiger partial charge in [0.1, 0.15) is 5.69 Å². The summed E-state index contributed by atoms with van der Waals surface area (Å²) in [5, 5.41) is 2.69. The lowest BCUT2D eigenvalue weighted by Crippen LogP contribution is -2.32. The maximum Gasteiger partial charge on any atom is 0.279 e. The zero-order valence-corrected chi connectivity index (χ0v) is 15.5. The van der Waals surface area contributed by atoms with Gasteiger partial charge in [0.25, 0.3) is 11.5 Å². The van der Waals surface area contributed by atoms with Gasteiger partial charge >= 0.3 is 0 Å². The van der Waals surface area contributed by atoms with Crippen molar-refractivity contribution in [3.63, 3.8) is 0 Å². The normalized spacial score (nSPS) is 15.8. The standard InChI is InChI=1S/C23H20N2O3/c1-15-12-20-18(21(26)13-15)14-19(24-22(27)16-8-4-2-5-9-16)23(28)25(20)17-10-6-3-7-11-17/h2-11,14-15H,12-13H2,1H3,(H,24,27). The van der Waals surface area contributed by atoms with Gasteiger partial charge in [-0.05, 0) is 42.7 Å². The number of ketones is 1. The lowest BCUT2D eigenvalue weighted by molar-refractivity contribution is 0.0949. The number of fused-ring (bicyclic) bond motifs is 1. The van der Waals surface area contributed by atoms with Crippen molar-refractivity contribution in [2.75, 3.05) is 5.32 Å². The fourth-order valence-electron chi connectivity index (χ4n) is 3.65. The van der Waals surface area contributed by atoms with E-state index >= 15 is 0 Å². The average Bonchev–Trinajstić information content (AvgIpc) is 2.70. The number of anilines is 1. The Morgan fingerprint density at radius 2 is 1.61 bits per heavy atom. The minimum Gasteiger partial charge on any atom is -0.317 e. The van der Waals surface area contributed by atoms with Crippen LogP contribution < -0.4 is 10.9 Å². The number of hydrogen-bond donors (Lipinski definition) is 1. The van der Waals surface area contributed by atoms with Gasteiger partial charge in [-0.3, -0.25) is 19.0 Å². The van der Waals surface area contributed by atoms with Crippen LogP contribution in [0.4, 0.5) is 5.69 Å². The largest absolute Gasteiger partial charge is 0.317 e. The second-order valence-electron chi connectivity index (χ2n) is 7.15.